The molecule has 0 aliphatic rings. The molecule has 0 aromatic carbocycles. The molecule has 0 heterocycles. The number of hydrogen-bond donors (Lipinski definition) is 0. The molecule has 0 unspecified atom stereocenters. The molecule has 0 aromatic heterocycles. The van der Waals surface area contributed by atoms with Gasteiger partial charge in [-0.2, -0.15) is 0 Å². The van der Waals surface area contributed by atoms with Gasteiger partial charge >= 0.3 is 0 Å². The molecule has 0 aromatic rings. The molecule has 0 amide bonds. The average Bonchev–Trinajstić information content (AvgIpc) is 0. The van der Waals surface area contributed by atoms with Crippen LogP contribution in [0.3, 0.4) is 0 Å². The quantitative estimate of drug-likeness (QED) is 0.514. The molecule has 0 N–H and O–H groups in total. The molecule has 4 heteroatoms. The molecule has 0 aliphatic heterocycles. The van der Waals surface area contributed by atoms with Gasteiger partial charge in [-0.1, -0.05) is 0 Å². The summed E-state index contributed by atoms with van der Waals surface area (Å²) in [6.07, 6.45) is 0. The Kier molecular flexibility index (Phi) is 127. The monoisotopic (exact) mass is 384 g/mol. The van der Waals surface area contributed by atoms with Gasteiger partial charge in [-0.25, -0.2) is 0 Å². The van der Waals surface area contributed by atoms with E-state index in [1.807, 2.05) is 0 Å². The van der Waals surface area contributed by atoms with Crippen LogP contribution in [-0.2, 0) is 84.2 Å². The first-order valence-corrected chi connectivity index (χ1v) is 0. The zero-order chi connectivity index (χ0) is 0. The Morgan fingerprint density at radius 1 is 0.500 bits per heavy atom. The van der Waals surface area contributed by atoms with E-state index < -0.39 is 0 Å². The van der Waals surface area contributed by atoms with E-state index in [9.17, 15) is 0 Å². The minimum Gasteiger partial charge on any atom is 0 e. The van der Waals surface area contributed by atoms with Gasteiger partial charge in [-0.15, -0.1) is 0 Å². The van der Waals surface area contributed by atoms with Gasteiger partial charge in [0.15, 0.2) is 0 Å². The van der Waals surface area contributed by atoms with Crippen molar-refractivity contribution < 1.29 is 84.2 Å². The second-order valence-electron chi connectivity index (χ2n) is 0. The number of hydrogen-bond acceptors (Lipinski definition) is 0. The van der Waals surface area contributed by atoms with E-state index in [1.165, 1.54) is 0 Å². The smallest absolute Gasteiger partial charge is 0 e. The van der Waals surface area contributed by atoms with Gasteiger partial charge in [-0.05, 0) is 0 Å². The maximum atomic E-state index is 0. The molecule has 0 saturated carbocycles. The summed E-state index contributed by atoms with van der Waals surface area (Å²) >= 11 is 0. The summed E-state index contributed by atoms with van der Waals surface area (Å²) in [5, 5.41) is 0. The molecule has 0 spiro atoms. The van der Waals surface area contributed by atoms with E-state index in [4.69, 9.17) is 0 Å². The van der Waals surface area contributed by atoms with Gasteiger partial charge < -0.3 is 0 Å². The molecule has 0 atom stereocenters. The van der Waals surface area contributed by atoms with E-state index in [0.29, 0.717) is 0 Å². The van der Waals surface area contributed by atoms with Crippen LogP contribution in [0.1, 0.15) is 0 Å². The van der Waals surface area contributed by atoms with Crippen molar-refractivity contribution >= 4 is 0 Å². The Morgan fingerprint density at radius 2 is 0.500 bits per heavy atom. The molecular formula is Ag3Cu. The first kappa shape index (κ1) is 29.6. The molecule has 0 rings (SSSR count). The first-order valence-electron chi connectivity index (χ1n) is 0. The predicted octanol–water partition coefficient (Wildman–Crippen LogP) is -0.0100. The standard InChI is InChI=1S/3Ag.Cu. The molecule has 0 nitrogen and oxygen atoms in total. The zero-order valence-corrected chi connectivity index (χ0v) is 6.59. The average molecular weight is 387 g/mol. The fourth-order valence-electron chi connectivity index (χ4n) is 0. The summed E-state index contributed by atoms with van der Waals surface area (Å²) in [7, 11) is 0. The number of rotatable bonds is 0. The van der Waals surface area contributed by atoms with Gasteiger partial charge in [0, 0.05) is 84.2 Å². The van der Waals surface area contributed by atoms with Crippen molar-refractivity contribution in [3.05, 3.63) is 0 Å². The van der Waals surface area contributed by atoms with Crippen LogP contribution in [0, 0.1) is 0 Å². The van der Waals surface area contributed by atoms with Crippen LogP contribution in [0.5, 0.6) is 0 Å². The van der Waals surface area contributed by atoms with Gasteiger partial charge in [-0.3, -0.25) is 0 Å². The molecule has 4 radical (unpaired) electrons. The second-order valence-corrected chi connectivity index (χ2v) is 0. The summed E-state index contributed by atoms with van der Waals surface area (Å²) in [4.78, 5) is 0. The summed E-state index contributed by atoms with van der Waals surface area (Å²) in [5.74, 6) is 0. The molecule has 4 heavy (non-hydrogen) atoms. The minimum absolute atomic E-state index is 0. The van der Waals surface area contributed by atoms with E-state index in [1.54, 1.807) is 0 Å². The normalized spacial score (nSPS) is 0. The van der Waals surface area contributed by atoms with Crippen LogP contribution < -0.4 is 0 Å². The zero-order valence-electron chi connectivity index (χ0n) is 1.21. The third-order valence-corrected chi connectivity index (χ3v) is 0. The maximum absolute atomic E-state index is 0. The molecule has 0 fully saturated rings. The molecular weight excluding hydrogens is 387 g/mol. The molecule has 0 bridgehead atoms. The van der Waals surface area contributed by atoms with Crippen molar-refractivity contribution in [1.82, 2.24) is 0 Å². The van der Waals surface area contributed by atoms with Crippen LogP contribution in [0.2, 0.25) is 0 Å². The van der Waals surface area contributed by atoms with Crippen molar-refractivity contribution in [3.8, 4) is 0 Å². The molecule has 0 aliphatic carbocycles. The SMILES string of the molecule is [Ag].[Ag].[Ag].[Cu]. The fourth-order valence-corrected chi connectivity index (χ4v) is 0. The molecule has 44 valence electrons. The Morgan fingerprint density at radius 3 is 0.500 bits per heavy atom. The Hall–Kier alpha value is 2.74. The van der Waals surface area contributed by atoms with Crippen LogP contribution in [0.25, 0.3) is 0 Å². The largest absolute Gasteiger partial charge is 0 e. The van der Waals surface area contributed by atoms with Crippen LogP contribution in [-0.4, -0.2) is 0 Å². The third kappa shape index (κ3) is 8.83. The van der Waals surface area contributed by atoms with E-state index in [2.05, 4.69) is 0 Å². The predicted molar refractivity (Wildman–Crippen MR) is 0 cm³/mol. The van der Waals surface area contributed by atoms with Crippen LogP contribution in [0.4, 0.5) is 0 Å². The second kappa shape index (κ2) is 17.2. The van der Waals surface area contributed by atoms with Gasteiger partial charge in [0.25, 0.3) is 0 Å². The summed E-state index contributed by atoms with van der Waals surface area (Å²) in [6.45, 7) is 0. The van der Waals surface area contributed by atoms with Gasteiger partial charge in [0.05, 0.1) is 0 Å². The van der Waals surface area contributed by atoms with E-state index in [0.717, 1.165) is 0 Å². The Balaban J connectivity index is 0. The van der Waals surface area contributed by atoms with E-state index in [-0.39, 0.29) is 84.2 Å². The Bertz CT molecular complexity index is 3.25. The van der Waals surface area contributed by atoms with Crippen LogP contribution in [0.15, 0.2) is 0 Å². The van der Waals surface area contributed by atoms with Crippen LogP contribution >= 0.6 is 0 Å². The first-order chi connectivity index (χ1) is 0. The van der Waals surface area contributed by atoms with Gasteiger partial charge in [0.1, 0.15) is 0 Å². The summed E-state index contributed by atoms with van der Waals surface area (Å²) in [6, 6.07) is 0. The van der Waals surface area contributed by atoms with Crippen molar-refractivity contribution in [2.75, 3.05) is 0 Å². The van der Waals surface area contributed by atoms with Crippen molar-refractivity contribution in [2.24, 2.45) is 0 Å². The minimum atomic E-state index is 0. The molecule has 0 saturated heterocycles. The summed E-state index contributed by atoms with van der Waals surface area (Å²) < 4.78 is 0. The maximum Gasteiger partial charge on any atom is 0 e. The fraction of sp³-hybridized carbons (Fsp3) is 0. The van der Waals surface area contributed by atoms with Crippen molar-refractivity contribution in [3.63, 3.8) is 0 Å². The van der Waals surface area contributed by atoms with E-state index >= 15 is 0 Å². The third-order valence-electron chi connectivity index (χ3n) is 0. The topological polar surface area (TPSA) is 0 Å². The summed E-state index contributed by atoms with van der Waals surface area (Å²) in [5.41, 5.74) is 0. The van der Waals surface area contributed by atoms with Crippen molar-refractivity contribution in [2.45, 2.75) is 0 Å². The van der Waals surface area contributed by atoms with Gasteiger partial charge in [0.2, 0.25) is 0 Å². The van der Waals surface area contributed by atoms with Crippen molar-refractivity contribution in [1.29, 1.82) is 0 Å². The Labute approximate surface area is 82.9 Å².